The van der Waals surface area contributed by atoms with E-state index in [4.69, 9.17) is 9.47 Å². The molecule has 156 valence electrons. The Kier molecular flexibility index (Phi) is 4.83. The highest BCUT2D eigenvalue weighted by Crippen LogP contribution is 2.43. The quantitative estimate of drug-likeness (QED) is 0.662. The summed E-state index contributed by atoms with van der Waals surface area (Å²) in [6.07, 6.45) is 2.39. The zero-order chi connectivity index (χ0) is 20.7. The zero-order valence-corrected chi connectivity index (χ0v) is 17.0. The van der Waals surface area contributed by atoms with Crippen LogP contribution in [0.15, 0.2) is 42.5 Å². The minimum atomic E-state index is -0.382. The summed E-state index contributed by atoms with van der Waals surface area (Å²) < 4.78 is 25.4. The highest BCUT2D eigenvalue weighted by molar-refractivity contribution is 6.00. The molecular formula is C24H25FN2O3. The fraction of sp³-hybridized carbons (Fsp3) is 0.375. The molecule has 1 saturated heterocycles. The number of para-hydroxylation sites is 1. The van der Waals surface area contributed by atoms with Gasteiger partial charge in [0, 0.05) is 24.0 Å². The number of Topliss-reactive ketones (excluding diaryl/α,β-unsaturated/α-hetero) is 1. The Hall–Kier alpha value is -2.70. The SMILES string of the molecule is COc1ccccc1C(=O)CN1CCC2(CC1)OCCc1c2[nH]c2ccc(F)cc12. The lowest BCUT2D eigenvalue weighted by atomic mass is 9.83. The predicted molar refractivity (Wildman–Crippen MR) is 113 cm³/mol. The molecule has 5 rings (SSSR count). The van der Waals surface area contributed by atoms with Crippen molar-refractivity contribution in [1.29, 1.82) is 0 Å². The van der Waals surface area contributed by atoms with Crippen LogP contribution < -0.4 is 4.74 Å². The number of hydrogen-bond donors (Lipinski definition) is 1. The Morgan fingerprint density at radius 2 is 2.03 bits per heavy atom. The number of ether oxygens (including phenoxy) is 2. The molecule has 3 heterocycles. The van der Waals surface area contributed by atoms with Crippen molar-refractivity contribution in [3.63, 3.8) is 0 Å². The number of methoxy groups -OCH3 is 1. The highest BCUT2D eigenvalue weighted by atomic mass is 19.1. The van der Waals surface area contributed by atoms with Crippen LogP contribution in [-0.4, -0.2) is 49.0 Å². The largest absolute Gasteiger partial charge is 0.496 e. The lowest BCUT2D eigenvalue weighted by molar-refractivity contribution is -0.0990. The normalized spacial score (nSPS) is 18.5. The number of aromatic nitrogens is 1. The van der Waals surface area contributed by atoms with Crippen molar-refractivity contribution in [2.75, 3.05) is 33.4 Å². The summed E-state index contributed by atoms with van der Waals surface area (Å²) in [5.74, 6) is 0.464. The molecule has 0 saturated carbocycles. The van der Waals surface area contributed by atoms with E-state index in [2.05, 4.69) is 9.88 Å². The van der Waals surface area contributed by atoms with Crippen molar-refractivity contribution in [3.05, 3.63) is 65.1 Å². The maximum Gasteiger partial charge on any atom is 0.180 e. The molecule has 2 aliphatic heterocycles. The van der Waals surface area contributed by atoms with Crippen LogP contribution in [0.5, 0.6) is 5.75 Å². The van der Waals surface area contributed by atoms with Gasteiger partial charge in [-0.05, 0) is 55.2 Å². The number of nitrogens with one attached hydrogen (secondary N) is 1. The third-order valence-corrected chi connectivity index (χ3v) is 6.49. The van der Waals surface area contributed by atoms with E-state index in [1.807, 2.05) is 24.3 Å². The number of H-pyrrole nitrogens is 1. The number of piperidine rings is 1. The molecular weight excluding hydrogens is 383 g/mol. The van der Waals surface area contributed by atoms with Crippen molar-refractivity contribution in [1.82, 2.24) is 9.88 Å². The maximum atomic E-state index is 13.8. The number of benzene rings is 2. The van der Waals surface area contributed by atoms with Gasteiger partial charge in [0.25, 0.3) is 0 Å². The van der Waals surface area contributed by atoms with Crippen LogP contribution in [0, 0.1) is 5.82 Å². The van der Waals surface area contributed by atoms with E-state index in [0.29, 0.717) is 24.5 Å². The lowest BCUT2D eigenvalue weighted by Crippen LogP contribution is -2.47. The number of rotatable bonds is 4. The van der Waals surface area contributed by atoms with Crippen molar-refractivity contribution >= 4 is 16.7 Å². The van der Waals surface area contributed by atoms with Gasteiger partial charge in [-0.1, -0.05) is 12.1 Å². The molecule has 1 spiro atoms. The number of nitrogens with zero attached hydrogens (tertiary/aromatic N) is 1. The summed E-state index contributed by atoms with van der Waals surface area (Å²) in [6.45, 7) is 2.53. The number of hydrogen-bond acceptors (Lipinski definition) is 4. The van der Waals surface area contributed by atoms with Crippen molar-refractivity contribution in [2.45, 2.75) is 24.9 Å². The van der Waals surface area contributed by atoms with E-state index in [0.717, 1.165) is 48.9 Å². The molecule has 0 atom stereocenters. The Labute approximate surface area is 174 Å². The third kappa shape index (κ3) is 3.20. The molecule has 2 aromatic carbocycles. The van der Waals surface area contributed by atoms with Crippen LogP contribution in [0.2, 0.25) is 0 Å². The first-order valence-corrected chi connectivity index (χ1v) is 10.4. The smallest absolute Gasteiger partial charge is 0.180 e. The van der Waals surface area contributed by atoms with Gasteiger partial charge in [0.1, 0.15) is 17.2 Å². The molecule has 1 N–H and O–H groups in total. The first-order valence-electron chi connectivity index (χ1n) is 10.4. The molecule has 0 amide bonds. The Morgan fingerprint density at radius 1 is 1.23 bits per heavy atom. The second-order valence-corrected chi connectivity index (χ2v) is 8.16. The molecule has 0 bridgehead atoms. The number of halogens is 1. The number of carbonyl (C=O) groups is 1. The maximum absolute atomic E-state index is 13.8. The number of fused-ring (bicyclic) bond motifs is 4. The third-order valence-electron chi connectivity index (χ3n) is 6.49. The van der Waals surface area contributed by atoms with Gasteiger partial charge in [0.2, 0.25) is 0 Å². The van der Waals surface area contributed by atoms with Crippen LogP contribution in [0.3, 0.4) is 0 Å². The van der Waals surface area contributed by atoms with Crippen molar-refractivity contribution in [2.24, 2.45) is 0 Å². The topological polar surface area (TPSA) is 54.6 Å². The number of aromatic amines is 1. The minimum Gasteiger partial charge on any atom is -0.496 e. The first kappa shape index (κ1) is 19.3. The zero-order valence-electron chi connectivity index (χ0n) is 17.0. The van der Waals surface area contributed by atoms with Gasteiger partial charge in [-0.2, -0.15) is 0 Å². The number of carbonyl (C=O) groups excluding carboxylic acids is 1. The molecule has 0 unspecified atom stereocenters. The summed E-state index contributed by atoms with van der Waals surface area (Å²) in [7, 11) is 1.58. The molecule has 30 heavy (non-hydrogen) atoms. The molecule has 0 radical (unpaired) electrons. The number of ketones is 1. The van der Waals surface area contributed by atoms with Gasteiger partial charge in [0.15, 0.2) is 5.78 Å². The van der Waals surface area contributed by atoms with E-state index in [-0.39, 0.29) is 17.2 Å². The molecule has 6 heteroatoms. The van der Waals surface area contributed by atoms with E-state index in [9.17, 15) is 9.18 Å². The van der Waals surface area contributed by atoms with Gasteiger partial charge >= 0.3 is 0 Å². The second-order valence-electron chi connectivity index (χ2n) is 8.16. The highest BCUT2D eigenvalue weighted by Gasteiger charge is 2.43. The van der Waals surface area contributed by atoms with Crippen molar-refractivity contribution < 1.29 is 18.7 Å². The van der Waals surface area contributed by atoms with E-state index in [1.165, 1.54) is 11.6 Å². The van der Waals surface area contributed by atoms with Crippen LogP contribution in [0.4, 0.5) is 4.39 Å². The molecule has 2 aliphatic rings. The summed E-state index contributed by atoms with van der Waals surface area (Å²) in [6, 6.07) is 12.3. The summed E-state index contributed by atoms with van der Waals surface area (Å²) >= 11 is 0. The molecule has 0 aliphatic carbocycles. The Balaban J connectivity index is 1.34. The minimum absolute atomic E-state index is 0.0646. The number of likely N-dealkylation sites (tertiary alicyclic amines) is 1. The van der Waals surface area contributed by atoms with Gasteiger partial charge in [-0.25, -0.2) is 4.39 Å². The van der Waals surface area contributed by atoms with Crippen LogP contribution in [-0.2, 0) is 16.8 Å². The van der Waals surface area contributed by atoms with E-state index < -0.39 is 0 Å². The molecule has 5 nitrogen and oxygen atoms in total. The fourth-order valence-corrected chi connectivity index (χ4v) is 4.92. The van der Waals surface area contributed by atoms with Crippen LogP contribution in [0.25, 0.3) is 10.9 Å². The van der Waals surface area contributed by atoms with E-state index >= 15 is 0 Å². The van der Waals surface area contributed by atoms with Crippen LogP contribution in [0.1, 0.15) is 34.5 Å². The summed E-state index contributed by atoms with van der Waals surface area (Å²) in [5, 5.41) is 0.960. The van der Waals surface area contributed by atoms with Gasteiger partial charge in [0.05, 0.1) is 31.5 Å². The Morgan fingerprint density at radius 3 is 2.83 bits per heavy atom. The van der Waals surface area contributed by atoms with Gasteiger partial charge in [-0.15, -0.1) is 0 Å². The summed E-state index contributed by atoms with van der Waals surface area (Å²) in [5.41, 5.74) is 3.46. The average Bonchev–Trinajstić information content (AvgIpc) is 3.15. The predicted octanol–water partition coefficient (Wildman–Crippen LogP) is 4.06. The monoisotopic (exact) mass is 408 g/mol. The Bertz CT molecular complexity index is 1100. The van der Waals surface area contributed by atoms with Crippen LogP contribution >= 0.6 is 0 Å². The van der Waals surface area contributed by atoms with Gasteiger partial charge in [-0.3, -0.25) is 9.69 Å². The summed E-state index contributed by atoms with van der Waals surface area (Å²) in [4.78, 5) is 18.5. The van der Waals surface area contributed by atoms with Crippen molar-refractivity contribution in [3.8, 4) is 5.75 Å². The van der Waals surface area contributed by atoms with E-state index in [1.54, 1.807) is 19.2 Å². The molecule has 1 aromatic heterocycles. The fourth-order valence-electron chi connectivity index (χ4n) is 4.92. The second kappa shape index (κ2) is 7.52. The average molecular weight is 408 g/mol. The standard InChI is InChI=1S/C24H25FN2O3/c1-29-22-5-3-2-4-18(22)21(28)15-27-11-9-24(10-12-27)23-17(8-13-30-24)19-14-16(25)6-7-20(19)26-23/h2-7,14,26H,8-13,15H2,1H3. The lowest BCUT2D eigenvalue weighted by Gasteiger charge is -2.43. The molecule has 3 aromatic rings. The molecule has 1 fully saturated rings. The van der Waals surface area contributed by atoms with Gasteiger partial charge < -0.3 is 14.5 Å². The first-order chi connectivity index (χ1) is 14.6.